The van der Waals surface area contributed by atoms with Gasteiger partial charge in [0, 0.05) is 13.1 Å². The van der Waals surface area contributed by atoms with E-state index >= 15 is 0 Å². The van der Waals surface area contributed by atoms with Gasteiger partial charge in [-0.05, 0) is 38.1 Å². The average molecular weight is 209 g/mol. The van der Waals surface area contributed by atoms with Gasteiger partial charge in [0.05, 0.1) is 6.20 Å². The molecule has 0 unspecified atom stereocenters. The molecule has 82 valence electrons. The maximum Gasteiger partial charge on any atom is 0.141 e. The summed E-state index contributed by atoms with van der Waals surface area (Å²) in [6, 6.07) is 3.71. The first-order valence-electron chi connectivity index (χ1n) is 5.32. The van der Waals surface area contributed by atoms with Crippen LogP contribution in [0, 0.1) is 5.82 Å². The highest BCUT2D eigenvalue weighted by atomic mass is 19.1. The van der Waals surface area contributed by atoms with E-state index in [4.69, 9.17) is 0 Å². The van der Waals surface area contributed by atoms with E-state index < -0.39 is 0 Å². The van der Waals surface area contributed by atoms with E-state index in [0.717, 1.165) is 31.7 Å². The second kappa shape index (κ2) is 4.57. The molecular formula is C11H16FN3. The second-order valence-corrected chi connectivity index (χ2v) is 3.93. The van der Waals surface area contributed by atoms with Crippen molar-refractivity contribution < 1.29 is 4.39 Å². The Hall–Kier alpha value is -1.16. The number of hydrogen-bond donors (Lipinski definition) is 1. The molecule has 1 fully saturated rings. The minimum atomic E-state index is -0.280. The fourth-order valence-corrected chi connectivity index (χ4v) is 1.96. The van der Waals surface area contributed by atoms with E-state index in [1.807, 2.05) is 7.05 Å². The first-order chi connectivity index (χ1) is 7.27. The lowest BCUT2D eigenvalue weighted by Crippen LogP contribution is -2.41. The number of pyridine rings is 1. The molecule has 1 N–H and O–H groups in total. The largest absolute Gasteiger partial charge is 0.357 e. The van der Waals surface area contributed by atoms with Crippen molar-refractivity contribution in [2.24, 2.45) is 0 Å². The molecule has 15 heavy (non-hydrogen) atoms. The summed E-state index contributed by atoms with van der Waals surface area (Å²) in [6.45, 7) is 2.10. The molecular weight excluding hydrogens is 193 g/mol. The predicted octanol–water partition coefficient (Wildman–Crippen LogP) is 1.41. The molecule has 0 atom stereocenters. The van der Waals surface area contributed by atoms with Gasteiger partial charge in [-0.15, -0.1) is 0 Å². The lowest BCUT2D eigenvalue weighted by molar-refractivity contribution is 0.441. The number of nitrogens with one attached hydrogen (secondary N) is 1. The number of rotatable bonds is 2. The van der Waals surface area contributed by atoms with Crippen molar-refractivity contribution in [1.82, 2.24) is 10.3 Å². The number of halogens is 1. The molecule has 1 saturated heterocycles. The molecule has 0 aliphatic carbocycles. The van der Waals surface area contributed by atoms with Gasteiger partial charge in [-0.2, -0.15) is 0 Å². The standard InChI is InChI=1S/C11H16FN3/c1-15(10-4-6-13-7-5-10)11-3-2-9(12)8-14-11/h2-3,8,10,13H,4-7H2,1H3. The molecule has 0 bridgehead atoms. The van der Waals surface area contributed by atoms with E-state index in [1.165, 1.54) is 12.3 Å². The van der Waals surface area contributed by atoms with Gasteiger partial charge < -0.3 is 10.2 Å². The lowest BCUT2D eigenvalue weighted by Gasteiger charge is -2.32. The van der Waals surface area contributed by atoms with Crippen molar-refractivity contribution >= 4 is 5.82 Å². The Morgan fingerprint density at radius 2 is 2.13 bits per heavy atom. The topological polar surface area (TPSA) is 28.2 Å². The highest BCUT2D eigenvalue weighted by Gasteiger charge is 2.18. The van der Waals surface area contributed by atoms with E-state index in [9.17, 15) is 4.39 Å². The fraction of sp³-hybridized carbons (Fsp3) is 0.545. The Labute approximate surface area is 89.3 Å². The Balaban J connectivity index is 2.05. The molecule has 1 aromatic heterocycles. The van der Waals surface area contributed by atoms with Crippen LogP contribution in [0.4, 0.5) is 10.2 Å². The highest BCUT2D eigenvalue weighted by molar-refractivity contribution is 5.38. The first kappa shape index (κ1) is 10.4. The van der Waals surface area contributed by atoms with Crippen LogP contribution in [0.5, 0.6) is 0 Å². The van der Waals surface area contributed by atoms with Crippen LogP contribution in [-0.4, -0.2) is 31.2 Å². The third kappa shape index (κ3) is 2.45. The molecule has 1 aromatic rings. The minimum absolute atomic E-state index is 0.280. The molecule has 1 aliphatic heterocycles. The summed E-state index contributed by atoms with van der Waals surface area (Å²) in [5.74, 6) is 0.570. The number of nitrogens with zero attached hydrogens (tertiary/aromatic N) is 2. The zero-order chi connectivity index (χ0) is 10.7. The molecule has 0 amide bonds. The molecule has 0 aromatic carbocycles. The summed E-state index contributed by atoms with van der Waals surface area (Å²) < 4.78 is 12.7. The van der Waals surface area contributed by atoms with Crippen LogP contribution in [0.2, 0.25) is 0 Å². The first-order valence-corrected chi connectivity index (χ1v) is 5.32. The minimum Gasteiger partial charge on any atom is -0.357 e. The van der Waals surface area contributed by atoms with Gasteiger partial charge >= 0.3 is 0 Å². The third-order valence-corrected chi connectivity index (χ3v) is 2.93. The quantitative estimate of drug-likeness (QED) is 0.798. The van der Waals surface area contributed by atoms with Crippen LogP contribution in [0.25, 0.3) is 0 Å². The molecule has 3 nitrogen and oxygen atoms in total. The van der Waals surface area contributed by atoms with Crippen LogP contribution >= 0.6 is 0 Å². The molecule has 0 radical (unpaired) electrons. The molecule has 0 spiro atoms. The van der Waals surface area contributed by atoms with E-state index in [-0.39, 0.29) is 5.82 Å². The lowest BCUT2D eigenvalue weighted by atomic mass is 10.1. The normalized spacial score (nSPS) is 17.7. The highest BCUT2D eigenvalue weighted by Crippen LogP contribution is 2.17. The van der Waals surface area contributed by atoms with E-state index in [2.05, 4.69) is 15.2 Å². The maximum absolute atomic E-state index is 12.7. The fourth-order valence-electron chi connectivity index (χ4n) is 1.96. The van der Waals surface area contributed by atoms with Crippen molar-refractivity contribution in [3.05, 3.63) is 24.1 Å². The van der Waals surface area contributed by atoms with Gasteiger partial charge in [0.25, 0.3) is 0 Å². The number of hydrogen-bond acceptors (Lipinski definition) is 3. The van der Waals surface area contributed by atoms with Crippen molar-refractivity contribution in [1.29, 1.82) is 0 Å². The zero-order valence-corrected chi connectivity index (χ0v) is 8.91. The molecule has 0 saturated carbocycles. The smallest absolute Gasteiger partial charge is 0.141 e. The van der Waals surface area contributed by atoms with Crippen LogP contribution in [0.1, 0.15) is 12.8 Å². The molecule has 1 aliphatic rings. The summed E-state index contributed by atoms with van der Waals surface area (Å²) in [4.78, 5) is 6.22. The van der Waals surface area contributed by atoms with Gasteiger partial charge in [-0.3, -0.25) is 0 Å². The number of piperidine rings is 1. The maximum atomic E-state index is 12.7. The van der Waals surface area contributed by atoms with Crippen molar-refractivity contribution in [3.63, 3.8) is 0 Å². The average Bonchev–Trinajstić information content (AvgIpc) is 2.30. The van der Waals surface area contributed by atoms with Crippen LogP contribution in [0.15, 0.2) is 18.3 Å². The van der Waals surface area contributed by atoms with Crippen LogP contribution < -0.4 is 10.2 Å². The van der Waals surface area contributed by atoms with Gasteiger partial charge in [-0.1, -0.05) is 0 Å². The monoisotopic (exact) mass is 209 g/mol. The van der Waals surface area contributed by atoms with Gasteiger partial charge in [0.15, 0.2) is 0 Å². The summed E-state index contributed by atoms with van der Waals surface area (Å²) in [6.07, 6.45) is 3.51. The third-order valence-electron chi connectivity index (χ3n) is 2.93. The Morgan fingerprint density at radius 1 is 1.40 bits per heavy atom. The van der Waals surface area contributed by atoms with E-state index in [1.54, 1.807) is 6.07 Å². The van der Waals surface area contributed by atoms with Crippen molar-refractivity contribution in [3.8, 4) is 0 Å². The predicted molar refractivity (Wildman–Crippen MR) is 58.5 cm³/mol. The summed E-state index contributed by atoms with van der Waals surface area (Å²) in [5, 5.41) is 3.32. The zero-order valence-electron chi connectivity index (χ0n) is 8.91. The van der Waals surface area contributed by atoms with Gasteiger partial charge in [0.2, 0.25) is 0 Å². The number of aromatic nitrogens is 1. The van der Waals surface area contributed by atoms with Gasteiger partial charge in [0.1, 0.15) is 11.6 Å². The second-order valence-electron chi connectivity index (χ2n) is 3.93. The van der Waals surface area contributed by atoms with Crippen molar-refractivity contribution in [2.45, 2.75) is 18.9 Å². The van der Waals surface area contributed by atoms with Crippen molar-refractivity contribution in [2.75, 3.05) is 25.0 Å². The summed E-state index contributed by atoms with van der Waals surface area (Å²) in [5.41, 5.74) is 0. The van der Waals surface area contributed by atoms with Gasteiger partial charge in [-0.25, -0.2) is 9.37 Å². The SMILES string of the molecule is CN(c1ccc(F)cn1)C1CCNCC1. The van der Waals surface area contributed by atoms with Crippen LogP contribution in [0.3, 0.4) is 0 Å². The Bertz CT molecular complexity index is 306. The Kier molecular flexibility index (Phi) is 3.16. The Morgan fingerprint density at radius 3 is 2.73 bits per heavy atom. The molecule has 2 heterocycles. The van der Waals surface area contributed by atoms with Crippen LogP contribution in [-0.2, 0) is 0 Å². The summed E-state index contributed by atoms with van der Waals surface area (Å²) in [7, 11) is 2.02. The summed E-state index contributed by atoms with van der Waals surface area (Å²) >= 11 is 0. The number of anilines is 1. The molecule has 2 rings (SSSR count). The molecule has 4 heteroatoms. The van der Waals surface area contributed by atoms with E-state index in [0.29, 0.717) is 6.04 Å².